The molecule has 0 aliphatic heterocycles. The predicted molar refractivity (Wildman–Crippen MR) is 88.3 cm³/mol. The lowest BCUT2D eigenvalue weighted by atomic mass is 9.75. The zero-order valence-corrected chi connectivity index (χ0v) is 13.3. The van der Waals surface area contributed by atoms with E-state index in [1.807, 2.05) is 0 Å². The summed E-state index contributed by atoms with van der Waals surface area (Å²) in [7, 11) is 0. The molecule has 0 amide bonds. The molecule has 0 radical (unpaired) electrons. The lowest BCUT2D eigenvalue weighted by Crippen LogP contribution is -2.41. The number of nitrogens with two attached hydrogens (primary N) is 1. The van der Waals surface area contributed by atoms with Crippen LogP contribution in [0.25, 0.3) is 10.9 Å². The molecule has 3 heteroatoms. The molecule has 114 valence electrons. The van der Waals surface area contributed by atoms with Crippen molar-refractivity contribution in [2.24, 2.45) is 11.1 Å². The molecule has 1 aromatic heterocycles. The fraction of sp³-hybridized carbons (Fsp3) is 0.611. The zero-order valence-electron chi connectivity index (χ0n) is 13.3. The topological polar surface area (TPSA) is 43.8 Å². The van der Waals surface area contributed by atoms with Gasteiger partial charge in [-0.05, 0) is 37.7 Å². The Morgan fingerprint density at radius 2 is 1.95 bits per heavy atom. The van der Waals surface area contributed by atoms with Gasteiger partial charge in [0, 0.05) is 24.4 Å². The molecule has 1 aromatic carbocycles. The largest absolute Gasteiger partial charge is 0.327 e. The average Bonchev–Trinajstić information content (AvgIpc) is 3.13. The summed E-state index contributed by atoms with van der Waals surface area (Å²) in [5.41, 5.74) is 9.41. The molecule has 1 atom stereocenters. The number of fused-ring (bicyclic) bond motifs is 1. The van der Waals surface area contributed by atoms with Crippen LogP contribution in [0.2, 0.25) is 0 Å². The van der Waals surface area contributed by atoms with Crippen molar-refractivity contribution in [3.63, 3.8) is 0 Å². The van der Waals surface area contributed by atoms with Gasteiger partial charge in [-0.25, -0.2) is 0 Å². The SMILES string of the molecule is CCn1nc(CC(N)C2(CC)CCCC2)c2ccccc21. The fourth-order valence-corrected chi connectivity index (χ4v) is 4.08. The minimum absolute atomic E-state index is 0.230. The monoisotopic (exact) mass is 285 g/mol. The molecule has 21 heavy (non-hydrogen) atoms. The third-order valence-corrected chi connectivity index (χ3v) is 5.54. The maximum absolute atomic E-state index is 6.65. The first-order valence-electron chi connectivity index (χ1n) is 8.40. The number of benzene rings is 1. The van der Waals surface area contributed by atoms with E-state index in [-0.39, 0.29) is 6.04 Å². The van der Waals surface area contributed by atoms with Crippen LogP contribution >= 0.6 is 0 Å². The summed E-state index contributed by atoms with van der Waals surface area (Å²) in [6.07, 6.45) is 7.35. The number of nitrogens with zero attached hydrogens (tertiary/aromatic N) is 2. The van der Waals surface area contributed by atoms with E-state index < -0.39 is 0 Å². The number of para-hydroxylation sites is 1. The molecule has 1 saturated carbocycles. The van der Waals surface area contributed by atoms with E-state index in [2.05, 4.69) is 42.8 Å². The van der Waals surface area contributed by atoms with E-state index >= 15 is 0 Å². The molecule has 1 fully saturated rings. The van der Waals surface area contributed by atoms with Crippen molar-refractivity contribution < 1.29 is 0 Å². The Balaban J connectivity index is 1.91. The number of aromatic nitrogens is 2. The number of hydrogen-bond donors (Lipinski definition) is 1. The predicted octanol–water partition coefficient (Wildman–Crippen LogP) is 3.90. The van der Waals surface area contributed by atoms with Crippen LogP contribution in [0, 0.1) is 5.41 Å². The van der Waals surface area contributed by atoms with Crippen molar-refractivity contribution in [3.8, 4) is 0 Å². The van der Waals surface area contributed by atoms with E-state index in [9.17, 15) is 0 Å². The molecule has 2 aromatic rings. The third kappa shape index (κ3) is 2.48. The van der Waals surface area contributed by atoms with Crippen LogP contribution in [-0.4, -0.2) is 15.8 Å². The third-order valence-electron chi connectivity index (χ3n) is 5.54. The first-order valence-corrected chi connectivity index (χ1v) is 8.40. The lowest BCUT2D eigenvalue weighted by Gasteiger charge is -2.34. The van der Waals surface area contributed by atoms with Crippen LogP contribution in [0.5, 0.6) is 0 Å². The molecular formula is C18H27N3. The molecular weight excluding hydrogens is 258 g/mol. The van der Waals surface area contributed by atoms with Gasteiger partial charge < -0.3 is 5.73 Å². The van der Waals surface area contributed by atoms with Gasteiger partial charge in [-0.2, -0.15) is 5.10 Å². The molecule has 1 unspecified atom stereocenters. The van der Waals surface area contributed by atoms with Gasteiger partial charge in [0.2, 0.25) is 0 Å². The second-order valence-electron chi connectivity index (χ2n) is 6.51. The summed E-state index contributed by atoms with van der Waals surface area (Å²) < 4.78 is 2.10. The van der Waals surface area contributed by atoms with Crippen LogP contribution in [0.1, 0.15) is 51.6 Å². The summed E-state index contributed by atoms with van der Waals surface area (Å²) in [4.78, 5) is 0. The van der Waals surface area contributed by atoms with Crippen LogP contribution in [0.15, 0.2) is 24.3 Å². The Morgan fingerprint density at radius 3 is 2.62 bits per heavy atom. The van der Waals surface area contributed by atoms with Crippen molar-refractivity contribution in [2.75, 3.05) is 0 Å². The number of rotatable bonds is 5. The summed E-state index contributed by atoms with van der Waals surface area (Å²) in [5.74, 6) is 0. The van der Waals surface area contributed by atoms with Crippen molar-refractivity contribution in [3.05, 3.63) is 30.0 Å². The Labute approximate surface area is 127 Å². The van der Waals surface area contributed by atoms with Gasteiger partial charge in [0.25, 0.3) is 0 Å². The molecule has 1 aliphatic rings. The van der Waals surface area contributed by atoms with Gasteiger partial charge in [0.1, 0.15) is 0 Å². The molecule has 3 rings (SSSR count). The molecule has 1 aliphatic carbocycles. The van der Waals surface area contributed by atoms with E-state index in [0.29, 0.717) is 5.41 Å². The second-order valence-corrected chi connectivity index (χ2v) is 6.51. The van der Waals surface area contributed by atoms with Crippen molar-refractivity contribution in [1.82, 2.24) is 9.78 Å². The van der Waals surface area contributed by atoms with Crippen LogP contribution in [0.3, 0.4) is 0 Å². The summed E-state index contributed by atoms with van der Waals surface area (Å²) in [6, 6.07) is 8.76. The molecule has 1 heterocycles. The Morgan fingerprint density at radius 1 is 1.24 bits per heavy atom. The zero-order chi connectivity index (χ0) is 14.9. The first kappa shape index (κ1) is 14.6. The average molecular weight is 285 g/mol. The second kappa shape index (κ2) is 5.80. The first-order chi connectivity index (χ1) is 10.2. The van der Waals surface area contributed by atoms with E-state index in [4.69, 9.17) is 10.8 Å². The molecule has 0 bridgehead atoms. The smallest absolute Gasteiger partial charge is 0.0719 e. The Bertz CT molecular complexity index is 608. The Kier molecular flexibility index (Phi) is 4.03. The highest BCUT2D eigenvalue weighted by Gasteiger charge is 2.38. The maximum atomic E-state index is 6.65. The van der Waals surface area contributed by atoms with E-state index in [1.54, 1.807) is 0 Å². The van der Waals surface area contributed by atoms with Gasteiger partial charge in [-0.3, -0.25) is 4.68 Å². The van der Waals surface area contributed by atoms with Crippen molar-refractivity contribution in [1.29, 1.82) is 0 Å². The fourth-order valence-electron chi connectivity index (χ4n) is 4.08. The van der Waals surface area contributed by atoms with Gasteiger partial charge in [0.05, 0.1) is 11.2 Å². The van der Waals surface area contributed by atoms with Gasteiger partial charge in [-0.1, -0.05) is 38.0 Å². The van der Waals surface area contributed by atoms with Gasteiger partial charge in [-0.15, -0.1) is 0 Å². The lowest BCUT2D eigenvalue weighted by molar-refractivity contribution is 0.218. The van der Waals surface area contributed by atoms with E-state index in [1.165, 1.54) is 48.7 Å². The normalized spacial score (nSPS) is 19.2. The van der Waals surface area contributed by atoms with Crippen molar-refractivity contribution >= 4 is 10.9 Å². The summed E-state index contributed by atoms with van der Waals surface area (Å²) >= 11 is 0. The number of aryl methyl sites for hydroxylation is 1. The summed E-state index contributed by atoms with van der Waals surface area (Å²) in [5, 5.41) is 6.10. The number of hydrogen-bond acceptors (Lipinski definition) is 2. The Hall–Kier alpha value is -1.35. The highest BCUT2D eigenvalue weighted by atomic mass is 15.3. The highest BCUT2D eigenvalue weighted by molar-refractivity contribution is 5.82. The van der Waals surface area contributed by atoms with Gasteiger partial charge >= 0.3 is 0 Å². The van der Waals surface area contributed by atoms with E-state index in [0.717, 1.165) is 13.0 Å². The van der Waals surface area contributed by atoms with Gasteiger partial charge in [0.15, 0.2) is 0 Å². The molecule has 0 spiro atoms. The quantitative estimate of drug-likeness (QED) is 0.905. The van der Waals surface area contributed by atoms with Crippen LogP contribution in [-0.2, 0) is 13.0 Å². The highest BCUT2D eigenvalue weighted by Crippen LogP contribution is 2.44. The maximum Gasteiger partial charge on any atom is 0.0719 e. The van der Waals surface area contributed by atoms with Crippen molar-refractivity contribution in [2.45, 2.75) is 65.0 Å². The molecule has 3 nitrogen and oxygen atoms in total. The summed E-state index contributed by atoms with van der Waals surface area (Å²) in [6.45, 7) is 5.36. The molecule has 2 N–H and O–H groups in total. The molecule has 0 saturated heterocycles. The minimum atomic E-state index is 0.230. The van der Waals surface area contributed by atoms with Crippen LogP contribution < -0.4 is 5.73 Å². The minimum Gasteiger partial charge on any atom is -0.327 e. The standard InChI is InChI=1S/C18H27N3/c1-3-18(11-7-8-12-18)17(19)13-15-14-9-5-6-10-16(14)21(4-2)20-15/h5-6,9-10,17H,3-4,7-8,11-13,19H2,1-2H3. The van der Waals surface area contributed by atoms with Crippen LogP contribution in [0.4, 0.5) is 0 Å².